The Morgan fingerprint density at radius 3 is 2.79 bits per heavy atom. The van der Waals surface area contributed by atoms with Crippen molar-refractivity contribution in [2.24, 2.45) is 0 Å². The second kappa shape index (κ2) is 8.04. The average molecular weight is 324 g/mol. The van der Waals surface area contributed by atoms with Gasteiger partial charge in [-0.2, -0.15) is 5.26 Å². The molecular weight excluding hydrogens is 304 g/mol. The van der Waals surface area contributed by atoms with Crippen LogP contribution >= 0.6 is 0 Å². The lowest BCUT2D eigenvalue weighted by Crippen LogP contribution is -2.32. The summed E-state index contributed by atoms with van der Waals surface area (Å²) in [5, 5.41) is 14.8. The van der Waals surface area contributed by atoms with Crippen molar-refractivity contribution in [1.82, 2.24) is 20.2 Å². The number of nitrogens with one attached hydrogen (secondary N) is 2. The minimum Gasteiger partial charge on any atom is -0.349 e. The van der Waals surface area contributed by atoms with Crippen LogP contribution in [0.2, 0.25) is 0 Å². The van der Waals surface area contributed by atoms with E-state index in [1.165, 1.54) is 0 Å². The Hall–Kier alpha value is -2.98. The Bertz CT molecular complexity index is 766. The fourth-order valence-corrected chi connectivity index (χ4v) is 2.02. The van der Waals surface area contributed by atoms with Gasteiger partial charge in [-0.3, -0.25) is 4.79 Å². The number of carbonyl (C=O) groups excluding carboxylic acids is 1. The van der Waals surface area contributed by atoms with Gasteiger partial charge in [-0.05, 0) is 45.3 Å². The first kappa shape index (κ1) is 17.4. The maximum Gasteiger partial charge on any atom is 0.270 e. The van der Waals surface area contributed by atoms with Gasteiger partial charge in [0.05, 0.1) is 11.6 Å². The number of nitrogens with zero attached hydrogens (tertiary/aromatic N) is 4. The van der Waals surface area contributed by atoms with Crippen LogP contribution in [-0.2, 0) is 0 Å². The van der Waals surface area contributed by atoms with E-state index in [0.717, 1.165) is 6.54 Å². The van der Waals surface area contributed by atoms with E-state index in [1.54, 1.807) is 31.2 Å². The third-order valence-corrected chi connectivity index (χ3v) is 3.18. The third-order valence-electron chi connectivity index (χ3n) is 3.18. The molecule has 0 aliphatic rings. The van der Waals surface area contributed by atoms with Crippen LogP contribution in [0.1, 0.15) is 21.7 Å². The molecule has 0 saturated carbocycles. The molecule has 1 amide bonds. The molecule has 24 heavy (non-hydrogen) atoms. The SMILES string of the molecule is Cc1cc(C(=O)NCCN(C)C)nc(Nc2cccc(C#N)c2)n1. The molecule has 2 aromatic rings. The summed E-state index contributed by atoms with van der Waals surface area (Å²) in [5.74, 6) is 0.0824. The number of nitriles is 1. The first-order valence-corrected chi connectivity index (χ1v) is 7.54. The zero-order chi connectivity index (χ0) is 17.5. The monoisotopic (exact) mass is 324 g/mol. The molecule has 0 radical (unpaired) electrons. The fourth-order valence-electron chi connectivity index (χ4n) is 2.02. The van der Waals surface area contributed by atoms with Gasteiger partial charge in [-0.25, -0.2) is 9.97 Å². The largest absolute Gasteiger partial charge is 0.349 e. The predicted molar refractivity (Wildman–Crippen MR) is 92.1 cm³/mol. The van der Waals surface area contributed by atoms with Crippen LogP contribution in [0.4, 0.5) is 11.6 Å². The van der Waals surface area contributed by atoms with Crippen LogP contribution in [0.3, 0.4) is 0 Å². The normalized spacial score (nSPS) is 10.3. The van der Waals surface area contributed by atoms with E-state index in [9.17, 15) is 4.79 Å². The maximum atomic E-state index is 12.2. The summed E-state index contributed by atoms with van der Waals surface area (Å²) in [4.78, 5) is 22.7. The molecule has 0 unspecified atom stereocenters. The third kappa shape index (κ3) is 5.04. The Balaban J connectivity index is 2.13. The molecule has 1 heterocycles. The molecular formula is C17H20N6O. The van der Waals surface area contributed by atoms with E-state index in [4.69, 9.17) is 5.26 Å². The van der Waals surface area contributed by atoms with E-state index in [1.807, 2.05) is 25.1 Å². The lowest BCUT2D eigenvalue weighted by atomic mass is 10.2. The smallest absolute Gasteiger partial charge is 0.270 e. The summed E-state index contributed by atoms with van der Waals surface area (Å²) in [6, 6.07) is 10.7. The molecule has 124 valence electrons. The first-order valence-electron chi connectivity index (χ1n) is 7.54. The van der Waals surface area contributed by atoms with Crippen LogP contribution in [0.25, 0.3) is 0 Å². The minimum absolute atomic E-state index is 0.240. The van der Waals surface area contributed by atoms with Crippen molar-refractivity contribution in [3.8, 4) is 6.07 Å². The molecule has 0 spiro atoms. The van der Waals surface area contributed by atoms with E-state index >= 15 is 0 Å². The van der Waals surface area contributed by atoms with Gasteiger partial charge in [-0.15, -0.1) is 0 Å². The Labute approximate surface area is 141 Å². The number of amides is 1. The molecule has 7 nitrogen and oxygen atoms in total. The second-order valence-electron chi connectivity index (χ2n) is 5.59. The number of rotatable bonds is 6. The highest BCUT2D eigenvalue weighted by Crippen LogP contribution is 2.15. The van der Waals surface area contributed by atoms with E-state index in [-0.39, 0.29) is 5.91 Å². The van der Waals surface area contributed by atoms with Crippen molar-refractivity contribution in [2.75, 3.05) is 32.5 Å². The molecule has 0 aliphatic heterocycles. The molecule has 1 aromatic carbocycles. The van der Waals surface area contributed by atoms with Crippen LogP contribution in [0, 0.1) is 18.3 Å². The van der Waals surface area contributed by atoms with Crippen molar-refractivity contribution in [1.29, 1.82) is 5.26 Å². The number of likely N-dealkylation sites (N-methyl/N-ethyl adjacent to an activating group) is 1. The Kier molecular flexibility index (Phi) is 5.82. The molecule has 2 rings (SSSR count). The van der Waals surface area contributed by atoms with Crippen LogP contribution in [0.5, 0.6) is 0 Å². The number of aromatic nitrogens is 2. The van der Waals surface area contributed by atoms with Gasteiger partial charge in [0.1, 0.15) is 5.69 Å². The zero-order valence-electron chi connectivity index (χ0n) is 14.0. The van der Waals surface area contributed by atoms with E-state index in [0.29, 0.717) is 35.1 Å². The number of anilines is 2. The van der Waals surface area contributed by atoms with E-state index < -0.39 is 0 Å². The van der Waals surface area contributed by atoms with Crippen LogP contribution < -0.4 is 10.6 Å². The first-order chi connectivity index (χ1) is 11.5. The Morgan fingerprint density at radius 1 is 1.29 bits per heavy atom. The summed E-state index contributed by atoms with van der Waals surface area (Å²) in [7, 11) is 3.89. The van der Waals surface area contributed by atoms with Gasteiger partial charge in [0, 0.05) is 24.5 Å². The number of hydrogen-bond acceptors (Lipinski definition) is 6. The highest BCUT2D eigenvalue weighted by molar-refractivity contribution is 5.92. The summed E-state index contributed by atoms with van der Waals surface area (Å²) < 4.78 is 0. The van der Waals surface area contributed by atoms with Gasteiger partial charge in [0.25, 0.3) is 5.91 Å². The zero-order valence-corrected chi connectivity index (χ0v) is 14.0. The summed E-state index contributed by atoms with van der Waals surface area (Å²) in [6.45, 7) is 3.10. The highest BCUT2D eigenvalue weighted by Gasteiger charge is 2.10. The second-order valence-corrected chi connectivity index (χ2v) is 5.59. The molecule has 0 saturated heterocycles. The van der Waals surface area contributed by atoms with Gasteiger partial charge >= 0.3 is 0 Å². The number of aryl methyl sites for hydroxylation is 1. The van der Waals surface area contributed by atoms with E-state index in [2.05, 4.69) is 26.7 Å². The molecule has 0 fully saturated rings. The predicted octanol–water partition coefficient (Wildman–Crippen LogP) is 1.69. The standard InChI is InChI=1S/C17H20N6O/c1-12-9-15(16(24)19-7-8-23(2)3)22-17(20-12)21-14-6-4-5-13(10-14)11-18/h4-6,9-10H,7-8H2,1-3H3,(H,19,24)(H,20,21,22). The van der Waals surface area contributed by atoms with Gasteiger partial charge in [0.15, 0.2) is 0 Å². The summed E-state index contributed by atoms with van der Waals surface area (Å²) in [6.07, 6.45) is 0. The number of carbonyl (C=O) groups is 1. The quantitative estimate of drug-likeness (QED) is 0.840. The van der Waals surface area contributed by atoms with Gasteiger partial charge < -0.3 is 15.5 Å². The van der Waals surface area contributed by atoms with Gasteiger partial charge in [-0.1, -0.05) is 6.07 Å². The van der Waals surface area contributed by atoms with Crippen molar-refractivity contribution in [3.63, 3.8) is 0 Å². The minimum atomic E-state index is -0.240. The molecule has 2 N–H and O–H groups in total. The molecule has 0 bridgehead atoms. The Morgan fingerprint density at radius 2 is 2.08 bits per heavy atom. The highest BCUT2D eigenvalue weighted by atomic mass is 16.1. The average Bonchev–Trinajstić information content (AvgIpc) is 2.54. The van der Waals surface area contributed by atoms with Crippen molar-refractivity contribution in [3.05, 3.63) is 47.3 Å². The molecule has 1 aromatic heterocycles. The topological polar surface area (TPSA) is 93.9 Å². The summed E-state index contributed by atoms with van der Waals surface area (Å²) in [5.41, 5.74) is 2.22. The molecule has 0 aliphatic carbocycles. The van der Waals surface area contributed by atoms with Crippen molar-refractivity contribution < 1.29 is 4.79 Å². The number of benzene rings is 1. The van der Waals surface area contributed by atoms with Crippen LogP contribution in [-0.4, -0.2) is 48.0 Å². The van der Waals surface area contributed by atoms with Gasteiger partial charge in [0.2, 0.25) is 5.95 Å². The number of hydrogen-bond donors (Lipinski definition) is 2. The molecule has 0 atom stereocenters. The fraction of sp³-hybridized carbons (Fsp3) is 0.294. The van der Waals surface area contributed by atoms with Crippen LogP contribution in [0.15, 0.2) is 30.3 Å². The lowest BCUT2D eigenvalue weighted by Gasteiger charge is -2.11. The maximum absolute atomic E-state index is 12.2. The molecule has 7 heteroatoms. The lowest BCUT2D eigenvalue weighted by molar-refractivity contribution is 0.0946. The van der Waals surface area contributed by atoms with Crippen molar-refractivity contribution >= 4 is 17.5 Å². The summed E-state index contributed by atoms with van der Waals surface area (Å²) >= 11 is 0. The van der Waals surface area contributed by atoms with Crippen molar-refractivity contribution in [2.45, 2.75) is 6.92 Å².